The molecule has 1 fully saturated rings. The Morgan fingerprint density at radius 3 is 2.17 bits per heavy atom. The lowest BCUT2D eigenvalue weighted by Crippen LogP contribution is -2.31. The third-order valence-corrected chi connectivity index (χ3v) is 4.88. The number of ether oxygens (including phenoxy) is 5. The van der Waals surface area contributed by atoms with Crippen molar-refractivity contribution in [2.75, 3.05) is 26.4 Å². The van der Waals surface area contributed by atoms with Gasteiger partial charge in [-0.25, -0.2) is 9.18 Å². The molecule has 29 heavy (non-hydrogen) atoms. The highest BCUT2D eigenvalue weighted by atomic mass is 19.1. The van der Waals surface area contributed by atoms with Gasteiger partial charge in [-0.15, -0.1) is 0 Å². The van der Waals surface area contributed by atoms with Crippen molar-refractivity contribution in [3.63, 3.8) is 0 Å². The first kappa shape index (κ1) is 22.6. The van der Waals surface area contributed by atoms with Crippen molar-refractivity contribution in [1.82, 2.24) is 0 Å². The lowest BCUT2D eigenvalue weighted by molar-refractivity contribution is -0.0176. The SMILES string of the molecule is C=COCCOc1cc(C(=O)OC2(CC)CCCC2)c(OCCOC=C)cc1F. The van der Waals surface area contributed by atoms with E-state index in [0.717, 1.165) is 38.2 Å². The van der Waals surface area contributed by atoms with E-state index in [2.05, 4.69) is 13.2 Å². The molecular formula is C22H29FO6. The molecular weight excluding hydrogens is 379 g/mol. The van der Waals surface area contributed by atoms with E-state index in [1.54, 1.807) is 0 Å². The summed E-state index contributed by atoms with van der Waals surface area (Å²) in [6.07, 6.45) is 6.97. The van der Waals surface area contributed by atoms with E-state index in [1.807, 2.05) is 6.92 Å². The number of carbonyl (C=O) groups is 1. The van der Waals surface area contributed by atoms with Gasteiger partial charge in [0.05, 0.1) is 12.5 Å². The van der Waals surface area contributed by atoms with Crippen molar-refractivity contribution in [1.29, 1.82) is 0 Å². The van der Waals surface area contributed by atoms with Gasteiger partial charge in [-0.05, 0) is 32.1 Å². The number of hydrogen-bond donors (Lipinski definition) is 0. The van der Waals surface area contributed by atoms with Gasteiger partial charge in [-0.3, -0.25) is 0 Å². The fourth-order valence-electron chi connectivity index (χ4n) is 3.29. The maximum absolute atomic E-state index is 14.5. The minimum Gasteiger partial charge on any atom is -0.498 e. The van der Waals surface area contributed by atoms with Crippen LogP contribution in [0.15, 0.2) is 37.8 Å². The lowest BCUT2D eigenvalue weighted by Gasteiger charge is -2.28. The highest BCUT2D eigenvalue weighted by molar-refractivity contribution is 5.93. The Bertz CT molecular complexity index is 697. The molecule has 0 aromatic heterocycles. The largest absolute Gasteiger partial charge is 0.498 e. The summed E-state index contributed by atoms with van der Waals surface area (Å²) >= 11 is 0. The van der Waals surface area contributed by atoms with Gasteiger partial charge >= 0.3 is 5.97 Å². The average molecular weight is 408 g/mol. The summed E-state index contributed by atoms with van der Waals surface area (Å²) < 4.78 is 41.3. The zero-order chi connectivity index (χ0) is 21.1. The first-order valence-corrected chi connectivity index (χ1v) is 9.82. The van der Waals surface area contributed by atoms with Crippen LogP contribution in [0.1, 0.15) is 49.4 Å². The zero-order valence-electron chi connectivity index (χ0n) is 16.9. The lowest BCUT2D eigenvalue weighted by atomic mass is 9.98. The maximum Gasteiger partial charge on any atom is 0.342 e. The van der Waals surface area contributed by atoms with E-state index in [-0.39, 0.29) is 43.5 Å². The van der Waals surface area contributed by atoms with Crippen LogP contribution in [0.2, 0.25) is 0 Å². The Labute approximate surface area is 171 Å². The molecule has 1 aliphatic carbocycles. The molecule has 0 bridgehead atoms. The number of benzene rings is 1. The van der Waals surface area contributed by atoms with Gasteiger partial charge < -0.3 is 23.7 Å². The molecule has 0 saturated heterocycles. The van der Waals surface area contributed by atoms with Crippen molar-refractivity contribution in [2.24, 2.45) is 0 Å². The summed E-state index contributed by atoms with van der Waals surface area (Å²) in [5.74, 6) is -1.19. The summed E-state index contributed by atoms with van der Waals surface area (Å²) in [5, 5.41) is 0. The number of halogens is 1. The number of hydrogen-bond acceptors (Lipinski definition) is 6. The summed E-state index contributed by atoms with van der Waals surface area (Å²) in [4.78, 5) is 12.9. The van der Waals surface area contributed by atoms with Gasteiger partial charge in [0.15, 0.2) is 11.6 Å². The van der Waals surface area contributed by atoms with E-state index in [1.165, 1.54) is 18.6 Å². The Kier molecular flexibility index (Phi) is 8.83. The number of esters is 1. The fraction of sp³-hybridized carbons (Fsp3) is 0.500. The van der Waals surface area contributed by atoms with E-state index in [9.17, 15) is 9.18 Å². The summed E-state index contributed by atoms with van der Waals surface area (Å²) in [6.45, 7) is 9.53. The van der Waals surface area contributed by atoms with Crippen LogP contribution in [-0.4, -0.2) is 38.0 Å². The third kappa shape index (κ3) is 6.41. The van der Waals surface area contributed by atoms with Crippen LogP contribution in [0, 0.1) is 5.82 Å². The molecule has 0 unspecified atom stereocenters. The molecule has 1 aliphatic rings. The van der Waals surface area contributed by atoms with Crippen LogP contribution in [0.25, 0.3) is 0 Å². The molecule has 2 rings (SSSR count). The summed E-state index contributed by atoms with van der Waals surface area (Å²) in [5.41, 5.74) is -0.364. The highest BCUT2D eigenvalue weighted by Gasteiger charge is 2.37. The van der Waals surface area contributed by atoms with Gasteiger partial charge in [0.1, 0.15) is 43.3 Å². The van der Waals surface area contributed by atoms with Gasteiger partial charge in [-0.1, -0.05) is 20.1 Å². The molecule has 0 spiro atoms. The average Bonchev–Trinajstić information content (AvgIpc) is 3.18. The second kappa shape index (κ2) is 11.3. The molecule has 160 valence electrons. The predicted molar refractivity (Wildman–Crippen MR) is 107 cm³/mol. The van der Waals surface area contributed by atoms with Crippen molar-refractivity contribution in [2.45, 2.75) is 44.6 Å². The second-order valence-electron chi connectivity index (χ2n) is 6.68. The van der Waals surface area contributed by atoms with Gasteiger partial charge in [-0.2, -0.15) is 0 Å². The second-order valence-corrected chi connectivity index (χ2v) is 6.68. The van der Waals surface area contributed by atoms with Crippen LogP contribution in [0.4, 0.5) is 4.39 Å². The number of rotatable bonds is 13. The molecule has 0 atom stereocenters. The summed E-state index contributed by atoms with van der Waals surface area (Å²) in [6, 6.07) is 2.44. The first-order valence-electron chi connectivity index (χ1n) is 9.82. The van der Waals surface area contributed by atoms with Crippen LogP contribution in [0.5, 0.6) is 11.5 Å². The van der Waals surface area contributed by atoms with Crippen LogP contribution in [-0.2, 0) is 14.2 Å². The topological polar surface area (TPSA) is 63.2 Å². The summed E-state index contributed by atoms with van der Waals surface area (Å²) in [7, 11) is 0. The van der Waals surface area contributed by atoms with Crippen LogP contribution < -0.4 is 9.47 Å². The Morgan fingerprint density at radius 1 is 1.03 bits per heavy atom. The minimum atomic E-state index is -0.647. The normalized spacial score (nSPS) is 14.7. The predicted octanol–water partition coefficient (Wildman–Crippen LogP) is 4.78. The van der Waals surface area contributed by atoms with Crippen LogP contribution >= 0.6 is 0 Å². The minimum absolute atomic E-state index is 0.0729. The van der Waals surface area contributed by atoms with Crippen LogP contribution in [0.3, 0.4) is 0 Å². The van der Waals surface area contributed by atoms with Gasteiger partial charge in [0.25, 0.3) is 0 Å². The fourth-order valence-corrected chi connectivity index (χ4v) is 3.29. The van der Waals surface area contributed by atoms with Crippen molar-refractivity contribution < 1.29 is 32.9 Å². The smallest absolute Gasteiger partial charge is 0.342 e. The van der Waals surface area contributed by atoms with E-state index in [4.69, 9.17) is 23.7 Å². The third-order valence-electron chi connectivity index (χ3n) is 4.88. The van der Waals surface area contributed by atoms with E-state index >= 15 is 0 Å². The molecule has 0 amide bonds. The monoisotopic (exact) mass is 408 g/mol. The number of carbonyl (C=O) groups excluding carboxylic acids is 1. The zero-order valence-corrected chi connectivity index (χ0v) is 16.9. The quantitative estimate of drug-likeness (QED) is 0.266. The molecule has 7 heteroatoms. The molecule has 0 aliphatic heterocycles. The molecule has 6 nitrogen and oxygen atoms in total. The molecule has 1 aromatic rings. The van der Waals surface area contributed by atoms with Crippen molar-refractivity contribution in [3.05, 3.63) is 49.2 Å². The highest BCUT2D eigenvalue weighted by Crippen LogP contribution is 2.38. The Balaban J connectivity index is 2.21. The maximum atomic E-state index is 14.5. The molecule has 0 N–H and O–H groups in total. The molecule has 1 aromatic carbocycles. The van der Waals surface area contributed by atoms with Gasteiger partial charge in [0, 0.05) is 12.1 Å². The van der Waals surface area contributed by atoms with E-state index in [0.29, 0.717) is 0 Å². The van der Waals surface area contributed by atoms with Crippen molar-refractivity contribution in [3.8, 4) is 11.5 Å². The molecule has 0 radical (unpaired) electrons. The van der Waals surface area contributed by atoms with E-state index < -0.39 is 17.4 Å². The first-order chi connectivity index (χ1) is 14.0. The molecule has 1 saturated carbocycles. The molecule has 0 heterocycles. The Hall–Kier alpha value is -2.70. The Morgan fingerprint density at radius 2 is 1.62 bits per heavy atom. The van der Waals surface area contributed by atoms with Crippen molar-refractivity contribution >= 4 is 5.97 Å². The standard InChI is InChI=1S/C22H29FO6/c1-4-22(9-7-8-10-22)29-21(24)17-15-20(28-14-12-26-6-3)18(23)16-19(17)27-13-11-25-5-2/h5-6,15-16H,2-4,7-14H2,1H3. The van der Waals surface area contributed by atoms with Gasteiger partial charge in [0.2, 0.25) is 0 Å².